The molecule has 1 heterocycles. The highest BCUT2D eigenvalue weighted by Gasteiger charge is 2.33. The van der Waals surface area contributed by atoms with Gasteiger partial charge in [-0.3, -0.25) is 0 Å². The van der Waals surface area contributed by atoms with E-state index in [0.29, 0.717) is 0 Å². The molecule has 0 spiro atoms. The topological polar surface area (TPSA) is 38.9 Å². The maximum Gasteiger partial charge on any atom is 0.0950 e. The first-order valence-corrected chi connectivity index (χ1v) is 8.17. The third kappa shape index (κ3) is 2.29. The van der Waals surface area contributed by atoms with E-state index >= 15 is 0 Å². The predicted molar refractivity (Wildman–Crippen MR) is 86.3 cm³/mol. The number of hydrogen-bond donors (Lipinski definition) is 1. The summed E-state index contributed by atoms with van der Waals surface area (Å²) in [4.78, 5) is 6.31. The van der Waals surface area contributed by atoms with Gasteiger partial charge in [-0.2, -0.15) is 0 Å². The Morgan fingerprint density at radius 2 is 2.10 bits per heavy atom. The van der Waals surface area contributed by atoms with Gasteiger partial charge in [0, 0.05) is 22.9 Å². The third-order valence-corrected chi connectivity index (χ3v) is 5.29. The quantitative estimate of drug-likeness (QED) is 0.928. The SMILES string of the molecule is CCC(N)Cc1nc2c(s1)CC(C)(C)c1ccccc1-2. The molecule has 1 aromatic heterocycles. The summed E-state index contributed by atoms with van der Waals surface area (Å²) in [6.45, 7) is 6.79. The van der Waals surface area contributed by atoms with Gasteiger partial charge in [-0.25, -0.2) is 4.98 Å². The van der Waals surface area contributed by atoms with Crippen molar-refractivity contribution in [2.75, 3.05) is 0 Å². The monoisotopic (exact) mass is 286 g/mol. The van der Waals surface area contributed by atoms with Gasteiger partial charge in [-0.15, -0.1) is 11.3 Å². The molecule has 2 nitrogen and oxygen atoms in total. The van der Waals surface area contributed by atoms with Crippen LogP contribution >= 0.6 is 11.3 Å². The van der Waals surface area contributed by atoms with Crippen LogP contribution in [0.4, 0.5) is 0 Å². The summed E-state index contributed by atoms with van der Waals surface area (Å²) in [6, 6.07) is 8.92. The zero-order valence-electron chi connectivity index (χ0n) is 12.4. The van der Waals surface area contributed by atoms with Crippen molar-refractivity contribution in [2.45, 2.75) is 51.5 Å². The van der Waals surface area contributed by atoms with Crippen molar-refractivity contribution in [1.82, 2.24) is 4.98 Å². The standard InChI is InChI=1S/C17H22N2S/c1-4-11(18)9-15-19-16-12-7-5-6-8-13(12)17(2,3)10-14(16)20-15/h5-8,11H,4,9-10,18H2,1-3H3. The van der Waals surface area contributed by atoms with Gasteiger partial charge in [0.25, 0.3) is 0 Å². The molecule has 1 aliphatic rings. The van der Waals surface area contributed by atoms with Crippen molar-refractivity contribution >= 4 is 11.3 Å². The van der Waals surface area contributed by atoms with Crippen LogP contribution in [0.5, 0.6) is 0 Å². The van der Waals surface area contributed by atoms with Crippen LogP contribution in [0, 0.1) is 0 Å². The molecule has 2 aromatic rings. The van der Waals surface area contributed by atoms with E-state index in [1.54, 1.807) is 0 Å². The number of fused-ring (bicyclic) bond motifs is 3. The molecule has 106 valence electrons. The van der Waals surface area contributed by atoms with Gasteiger partial charge < -0.3 is 5.73 Å². The molecule has 0 fully saturated rings. The molecule has 3 heteroatoms. The van der Waals surface area contributed by atoms with E-state index in [1.807, 2.05) is 11.3 Å². The lowest BCUT2D eigenvalue weighted by Gasteiger charge is -2.31. The Balaban J connectivity index is 2.05. The van der Waals surface area contributed by atoms with Gasteiger partial charge in [0.1, 0.15) is 0 Å². The molecule has 1 unspecified atom stereocenters. The van der Waals surface area contributed by atoms with Gasteiger partial charge in [-0.05, 0) is 23.8 Å². The molecule has 1 aliphatic carbocycles. The third-order valence-electron chi connectivity index (χ3n) is 4.22. The highest BCUT2D eigenvalue weighted by molar-refractivity contribution is 7.12. The largest absolute Gasteiger partial charge is 0.327 e. The predicted octanol–water partition coefficient (Wildman–Crippen LogP) is 3.92. The van der Waals surface area contributed by atoms with E-state index in [4.69, 9.17) is 10.7 Å². The second-order valence-electron chi connectivity index (χ2n) is 6.36. The molecular formula is C17H22N2S. The average Bonchev–Trinajstić information content (AvgIpc) is 2.80. The summed E-state index contributed by atoms with van der Waals surface area (Å²) in [6.07, 6.45) is 2.99. The molecule has 0 aliphatic heterocycles. The van der Waals surface area contributed by atoms with Crippen molar-refractivity contribution in [1.29, 1.82) is 0 Å². The van der Waals surface area contributed by atoms with Crippen LogP contribution < -0.4 is 5.73 Å². The second kappa shape index (κ2) is 4.97. The normalized spacial score (nSPS) is 17.4. The molecule has 0 bridgehead atoms. The Hall–Kier alpha value is -1.19. The Bertz CT molecular complexity index is 628. The van der Waals surface area contributed by atoms with Gasteiger partial charge in [0.05, 0.1) is 10.7 Å². The van der Waals surface area contributed by atoms with Gasteiger partial charge in [0.15, 0.2) is 0 Å². The fourth-order valence-corrected chi connectivity index (χ4v) is 4.37. The summed E-state index contributed by atoms with van der Waals surface area (Å²) >= 11 is 1.85. The number of hydrogen-bond acceptors (Lipinski definition) is 3. The Kier molecular flexibility index (Phi) is 3.43. The first-order valence-electron chi connectivity index (χ1n) is 7.35. The molecule has 0 amide bonds. The minimum Gasteiger partial charge on any atom is -0.327 e. The fourth-order valence-electron chi connectivity index (χ4n) is 2.96. The van der Waals surface area contributed by atoms with Crippen molar-refractivity contribution < 1.29 is 0 Å². The second-order valence-corrected chi connectivity index (χ2v) is 7.53. The summed E-state index contributed by atoms with van der Waals surface area (Å²) in [7, 11) is 0. The van der Waals surface area contributed by atoms with E-state index in [1.165, 1.54) is 26.7 Å². The van der Waals surface area contributed by atoms with Crippen LogP contribution in [0.15, 0.2) is 24.3 Å². The molecule has 0 saturated carbocycles. The summed E-state index contributed by atoms with van der Waals surface area (Å²) < 4.78 is 0. The average molecular weight is 286 g/mol. The molecule has 2 N–H and O–H groups in total. The molecule has 0 radical (unpaired) electrons. The number of thiazole rings is 1. The van der Waals surface area contributed by atoms with Gasteiger partial charge in [0.2, 0.25) is 0 Å². The lowest BCUT2D eigenvalue weighted by Crippen LogP contribution is -2.24. The fraction of sp³-hybridized carbons (Fsp3) is 0.471. The first kappa shape index (κ1) is 13.8. The minimum absolute atomic E-state index is 0.195. The first-order chi connectivity index (χ1) is 9.51. The van der Waals surface area contributed by atoms with Crippen molar-refractivity contribution in [3.63, 3.8) is 0 Å². The summed E-state index contributed by atoms with van der Waals surface area (Å²) in [5, 5.41) is 1.19. The Morgan fingerprint density at radius 1 is 1.35 bits per heavy atom. The smallest absolute Gasteiger partial charge is 0.0950 e. The number of aromatic nitrogens is 1. The lowest BCUT2D eigenvalue weighted by molar-refractivity contribution is 0.521. The van der Waals surface area contributed by atoms with E-state index in [0.717, 1.165) is 19.3 Å². The van der Waals surface area contributed by atoms with E-state index in [9.17, 15) is 0 Å². The number of nitrogens with two attached hydrogens (primary N) is 1. The van der Waals surface area contributed by atoms with Crippen LogP contribution in [0.25, 0.3) is 11.3 Å². The van der Waals surface area contributed by atoms with Crippen molar-refractivity contribution in [2.24, 2.45) is 5.73 Å². The molecular weight excluding hydrogens is 264 g/mol. The summed E-state index contributed by atoms with van der Waals surface area (Å²) in [5.74, 6) is 0. The zero-order valence-corrected chi connectivity index (χ0v) is 13.3. The highest BCUT2D eigenvalue weighted by atomic mass is 32.1. The molecule has 1 aromatic carbocycles. The van der Waals surface area contributed by atoms with E-state index < -0.39 is 0 Å². The molecule has 20 heavy (non-hydrogen) atoms. The van der Waals surface area contributed by atoms with Crippen molar-refractivity contribution in [3.8, 4) is 11.3 Å². The van der Waals surface area contributed by atoms with Crippen molar-refractivity contribution in [3.05, 3.63) is 39.7 Å². The maximum atomic E-state index is 6.08. The molecule has 1 atom stereocenters. The maximum absolute atomic E-state index is 6.08. The molecule has 0 saturated heterocycles. The molecule has 3 rings (SSSR count). The highest BCUT2D eigenvalue weighted by Crippen LogP contribution is 2.44. The number of benzene rings is 1. The number of rotatable bonds is 3. The zero-order chi connectivity index (χ0) is 14.3. The van der Waals surface area contributed by atoms with Crippen LogP contribution in [0.2, 0.25) is 0 Å². The van der Waals surface area contributed by atoms with Crippen LogP contribution in [0.1, 0.15) is 42.6 Å². The Labute approximate surface area is 125 Å². The van der Waals surface area contributed by atoms with Crippen LogP contribution in [0.3, 0.4) is 0 Å². The van der Waals surface area contributed by atoms with Crippen LogP contribution in [-0.2, 0) is 18.3 Å². The van der Waals surface area contributed by atoms with E-state index in [-0.39, 0.29) is 11.5 Å². The van der Waals surface area contributed by atoms with E-state index in [2.05, 4.69) is 45.0 Å². The minimum atomic E-state index is 0.195. The lowest BCUT2D eigenvalue weighted by atomic mass is 9.74. The Morgan fingerprint density at radius 3 is 2.85 bits per heavy atom. The van der Waals surface area contributed by atoms with Gasteiger partial charge in [-0.1, -0.05) is 45.0 Å². The summed E-state index contributed by atoms with van der Waals surface area (Å²) in [5.41, 5.74) is 10.2. The number of nitrogens with zero attached hydrogens (tertiary/aromatic N) is 1. The van der Waals surface area contributed by atoms with Gasteiger partial charge >= 0.3 is 0 Å². The van der Waals surface area contributed by atoms with Crippen LogP contribution in [-0.4, -0.2) is 11.0 Å².